The Kier molecular flexibility index (Phi) is 2.46. The number of aliphatic hydroxyl groups excluding tert-OH is 1. The Labute approximate surface area is 104 Å². The zero-order chi connectivity index (χ0) is 12.5. The van der Waals surface area contributed by atoms with Crippen molar-refractivity contribution in [3.05, 3.63) is 48.0 Å². The number of pyridine rings is 1. The van der Waals surface area contributed by atoms with Gasteiger partial charge in [-0.05, 0) is 17.7 Å². The minimum absolute atomic E-state index is 0.0424. The van der Waals surface area contributed by atoms with Crippen LogP contribution in [-0.4, -0.2) is 19.7 Å². The minimum atomic E-state index is 0.0424. The van der Waals surface area contributed by atoms with Crippen LogP contribution in [0.25, 0.3) is 16.9 Å². The van der Waals surface area contributed by atoms with E-state index in [4.69, 9.17) is 10.8 Å². The third kappa shape index (κ3) is 1.70. The predicted octanol–water partition coefficient (Wildman–Crippen LogP) is 1.47. The van der Waals surface area contributed by atoms with Gasteiger partial charge in [0.1, 0.15) is 0 Å². The van der Waals surface area contributed by atoms with Gasteiger partial charge in [-0.3, -0.25) is 0 Å². The highest BCUT2D eigenvalue weighted by atomic mass is 16.3. The van der Waals surface area contributed by atoms with E-state index in [-0.39, 0.29) is 12.6 Å². The number of nitrogens with zero attached hydrogens (tertiary/aromatic N) is 3. The molecule has 2 aromatic heterocycles. The van der Waals surface area contributed by atoms with E-state index < -0.39 is 0 Å². The van der Waals surface area contributed by atoms with Gasteiger partial charge in [-0.25, -0.2) is 4.52 Å². The highest BCUT2D eigenvalue weighted by molar-refractivity contribution is 5.63. The molecule has 0 amide bonds. The molecule has 90 valence electrons. The number of aliphatic hydroxyl groups is 1. The van der Waals surface area contributed by atoms with Crippen LogP contribution in [0.1, 0.15) is 5.56 Å². The van der Waals surface area contributed by atoms with Gasteiger partial charge in [0.05, 0.1) is 12.3 Å². The average Bonchev–Trinajstić information content (AvgIpc) is 2.79. The SMILES string of the molecule is Nc1nc2cccc(-c3ccc(CO)cc3)n2n1. The number of anilines is 1. The minimum Gasteiger partial charge on any atom is -0.392 e. The lowest BCUT2D eigenvalue weighted by Crippen LogP contribution is -1.95. The van der Waals surface area contributed by atoms with E-state index >= 15 is 0 Å². The molecule has 18 heavy (non-hydrogen) atoms. The van der Waals surface area contributed by atoms with Crippen LogP contribution in [0.2, 0.25) is 0 Å². The molecule has 0 saturated heterocycles. The number of fused-ring (bicyclic) bond motifs is 1. The molecule has 3 N–H and O–H groups in total. The quantitative estimate of drug-likeness (QED) is 0.711. The van der Waals surface area contributed by atoms with Gasteiger partial charge in [0.2, 0.25) is 5.95 Å². The van der Waals surface area contributed by atoms with Crippen molar-refractivity contribution < 1.29 is 5.11 Å². The molecule has 3 rings (SSSR count). The molecule has 0 bridgehead atoms. The van der Waals surface area contributed by atoms with Crippen molar-refractivity contribution in [3.63, 3.8) is 0 Å². The largest absolute Gasteiger partial charge is 0.392 e. The van der Waals surface area contributed by atoms with E-state index in [1.807, 2.05) is 42.5 Å². The van der Waals surface area contributed by atoms with Crippen molar-refractivity contribution in [1.29, 1.82) is 0 Å². The molecule has 1 aromatic carbocycles. The van der Waals surface area contributed by atoms with Gasteiger partial charge in [-0.2, -0.15) is 4.98 Å². The smallest absolute Gasteiger partial charge is 0.240 e. The first-order valence-electron chi connectivity index (χ1n) is 5.59. The second-order valence-electron chi connectivity index (χ2n) is 4.01. The third-order valence-electron chi connectivity index (χ3n) is 2.81. The average molecular weight is 240 g/mol. The Balaban J connectivity index is 2.17. The van der Waals surface area contributed by atoms with Crippen LogP contribution in [0.3, 0.4) is 0 Å². The lowest BCUT2D eigenvalue weighted by atomic mass is 10.1. The third-order valence-corrected chi connectivity index (χ3v) is 2.81. The number of nitrogen functional groups attached to an aromatic ring is 1. The number of hydrogen-bond acceptors (Lipinski definition) is 4. The van der Waals surface area contributed by atoms with Gasteiger partial charge in [0.15, 0.2) is 5.65 Å². The summed E-state index contributed by atoms with van der Waals surface area (Å²) in [6.07, 6.45) is 0. The zero-order valence-electron chi connectivity index (χ0n) is 9.61. The second-order valence-corrected chi connectivity index (χ2v) is 4.01. The molecule has 5 nitrogen and oxygen atoms in total. The van der Waals surface area contributed by atoms with Crippen LogP contribution in [0.15, 0.2) is 42.5 Å². The highest BCUT2D eigenvalue weighted by Gasteiger charge is 2.06. The van der Waals surface area contributed by atoms with E-state index in [1.165, 1.54) is 0 Å². The molecule has 0 atom stereocenters. The Bertz CT molecular complexity index is 688. The first-order valence-corrected chi connectivity index (χ1v) is 5.59. The van der Waals surface area contributed by atoms with E-state index in [1.54, 1.807) is 4.52 Å². The van der Waals surface area contributed by atoms with Gasteiger partial charge in [-0.1, -0.05) is 30.3 Å². The van der Waals surface area contributed by atoms with Crippen molar-refractivity contribution in [2.75, 3.05) is 5.73 Å². The topological polar surface area (TPSA) is 76.4 Å². The lowest BCUT2D eigenvalue weighted by Gasteiger charge is -2.04. The van der Waals surface area contributed by atoms with E-state index in [9.17, 15) is 0 Å². The lowest BCUT2D eigenvalue weighted by molar-refractivity contribution is 0.282. The molecule has 0 spiro atoms. The number of rotatable bonds is 2. The number of benzene rings is 1. The summed E-state index contributed by atoms with van der Waals surface area (Å²) in [7, 11) is 0. The molecular weight excluding hydrogens is 228 g/mol. The van der Waals surface area contributed by atoms with Gasteiger partial charge in [0.25, 0.3) is 0 Å². The fourth-order valence-corrected chi connectivity index (χ4v) is 1.92. The van der Waals surface area contributed by atoms with Crippen LogP contribution in [0.5, 0.6) is 0 Å². The van der Waals surface area contributed by atoms with Crippen LogP contribution in [0.4, 0.5) is 5.95 Å². The molecule has 0 aliphatic rings. The van der Waals surface area contributed by atoms with Gasteiger partial charge in [-0.15, -0.1) is 5.10 Å². The summed E-state index contributed by atoms with van der Waals surface area (Å²) in [5.74, 6) is 0.259. The normalized spacial score (nSPS) is 10.9. The van der Waals surface area contributed by atoms with Crippen molar-refractivity contribution in [2.45, 2.75) is 6.61 Å². The van der Waals surface area contributed by atoms with Crippen molar-refractivity contribution in [2.24, 2.45) is 0 Å². The molecule has 0 aliphatic carbocycles. The van der Waals surface area contributed by atoms with E-state index in [0.29, 0.717) is 0 Å². The molecule has 0 saturated carbocycles. The Hall–Kier alpha value is -2.40. The number of nitrogens with two attached hydrogens (primary N) is 1. The summed E-state index contributed by atoms with van der Waals surface area (Å²) < 4.78 is 1.71. The summed E-state index contributed by atoms with van der Waals surface area (Å²) in [6.45, 7) is 0.0424. The number of aromatic nitrogens is 3. The Morgan fingerprint density at radius 2 is 1.89 bits per heavy atom. The summed E-state index contributed by atoms with van der Waals surface area (Å²) in [4.78, 5) is 4.12. The van der Waals surface area contributed by atoms with E-state index in [2.05, 4.69) is 10.1 Å². The summed E-state index contributed by atoms with van der Waals surface area (Å²) in [5.41, 5.74) is 9.12. The summed E-state index contributed by atoms with van der Waals surface area (Å²) in [5, 5.41) is 13.2. The molecule has 3 aromatic rings. The van der Waals surface area contributed by atoms with Crippen LogP contribution in [0, 0.1) is 0 Å². The zero-order valence-corrected chi connectivity index (χ0v) is 9.61. The fourth-order valence-electron chi connectivity index (χ4n) is 1.92. The number of hydrogen-bond donors (Lipinski definition) is 2. The second kappa shape index (κ2) is 4.12. The molecular formula is C13H12N4O. The van der Waals surface area contributed by atoms with Gasteiger partial charge >= 0.3 is 0 Å². The Morgan fingerprint density at radius 3 is 2.61 bits per heavy atom. The molecule has 0 radical (unpaired) electrons. The van der Waals surface area contributed by atoms with Crippen LogP contribution >= 0.6 is 0 Å². The monoisotopic (exact) mass is 240 g/mol. The fraction of sp³-hybridized carbons (Fsp3) is 0.0769. The van der Waals surface area contributed by atoms with Crippen molar-refractivity contribution >= 4 is 11.6 Å². The molecule has 0 aliphatic heterocycles. The van der Waals surface area contributed by atoms with Gasteiger partial charge < -0.3 is 10.8 Å². The van der Waals surface area contributed by atoms with Crippen molar-refractivity contribution in [3.8, 4) is 11.3 Å². The standard InChI is InChI=1S/C13H12N4O/c14-13-15-12-3-1-2-11(17(12)16-13)10-6-4-9(8-18)5-7-10/h1-7,18H,8H2,(H2,14,16). The molecule has 2 heterocycles. The maximum Gasteiger partial charge on any atom is 0.240 e. The summed E-state index contributed by atoms with van der Waals surface area (Å²) >= 11 is 0. The van der Waals surface area contributed by atoms with Crippen LogP contribution in [-0.2, 0) is 6.61 Å². The highest BCUT2D eigenvalue weighted by Crippen LogP contribution is 2.20. The summed E-state index contributed by atoms with van der Waals surface area (Å²) in [6, 6.07) is 13.4. The molecule has 0 unspecified atom stereocenters. The van der Waals surface area contributed by atoms with Gasteiger partial charge in [0, 0.05) is 5.56 Å². The predicted molar refractivity (Wildman–Crippen MR) is 68.8 cm³/mol. The first-order chi connectivity index (χ1) is 8.78. The molecule has 0 fully saturated rings. The Morgan fingerprint density at radius 1 is 1.11 bits per heavy atom. The van der Waals surface area contributed by atoms with Crippen molar-refractivity contribution in [1.82, 2.24) is 14.6 Å². The molecule has 5 heteroatoms. The maximum absolute atomic E-state index is 9.03. The maximum atomic E-state index is 9.03. The first kappa shape index (κ1) is 10.7. The van der Waals surface area contributed by atoms with Crippen LogP contribution < -0.4 is 5.73 Å². The van der Waals surface area contributed by atoms with E-state index in [0.717, 1.165) is 22.5 Å².